The maximum atomic E-state index is 12.7. The monoisotopic (exact) mass is 442 g/mol. The predicted octanol–water partition coefficient (Wildman–Crippen LogP) is 3.94. The highest BCUT2D eigenvalue weighted by Gasteiger charge is 2.21. The van der Waals surface area contributed by atoms with E-state index in [2.05, 4.69) is 10.0 Å². The van der Waals surface area contributed by atoms with Crippen molar-refractivity contribution in [3.05, 3.63) is 60.7 Å². The number of hydrogen-bond donors (Lipinski definition) is 2. The van der Waals surface area contributed by atoms with Gasteiger partial charge in [0, 0.05) is 6.04 Å². The molecule has 3 rings (SSSR count). The molecule has 0 heterocycles. The highest BCUT2D eigenvalue weighted by atomic mass is 32.2. The van der Waals surface area contributed by atoms with Crippen LogP contribution >= 0.6 is 0 Å². The minimum absolute atomic E-state index is 0.0281. The Morgan fingerprint density at radius 1 is 0.935 bits per heavy atom. The second-order valence-corrected chi connectivity index (χ2v) is 9.11. The van der Waals surface area contributed by atoms with Crippen LogP contribution in [0.2, 0.25) is 0 Å². The molecule has 0 saturated heterocycles. The van der Waals surface area contributed by atoms with Crippen LogP contribution < -0.4 is 19.5 Å². The number of anilines is 1. The lowest BCUT2D eigenvalue weighted by molar-refractivity contribution is -0.122. The molecule has 8 heteroatoms. The zero-order chi connectivity index (χ0) is 22.6. The first-order valence-electron chi connectivity index (χ1n) is 9.86. The summed E-state index contributed by atoms with van der Waals surface area (Å²) in [6.07, 6.45) is -0.820. The molecule has 0 fully saturated rings. The number of hydrogen-bond acceptors (Lipinski definition) is 5. The van der Waals surface area contributed by atoms with Crippen LogP contribution in [0, 0.1) is 0 Å². The Bertz CT molecular complexity index is 1190. The van der Waals surface area contributed by atoms with Crippen molar-refractivity contribution in [3.8, 4) is 11.5 Å². The molecular formula is C23H26N2O5S. The van der Waals surface area contributed by atoms with Crippen LogP contribution in [0.25, 0.3) is 10.8 Å². The largest absolute Gasteiger partial charge is 0.495 e. The number of ether oxygens (including phenoxy) is 2. The maximum absolute atomic E-state index is 12.7. The zero-order valence-corrected chi connectivity index (χ0v) is 18.7. The molecule has 0 unspecified atom stereocenters. The fourth-order valence-electron chi connectivity index (χ4n) is 3.06. The van der Waals surface area contributed by atoms with Crippen LogP contribution in [0.3, 0.4) is 0 Å². The molecule has 0 spiro atoms. The van der Waals surface area contributed by atoms with E-state index in [0.29, 0.717) is 11.5 Å². The summed E-state index contributed by atoms with van der Waals surface area (Å²) in [5.74, 6) is 0.471. The molecule has 0 saturated carbocycles. The van der Waals surface area contributed by atoms with Gasteiger partial charge in [0.25, 0.3) is 5.91 Å². The third kappa shape index (κ3) is 5.53. The first kappa shape index (κ1) is 22.6. The normalized spacial score (nSPS) is 12.5. The summed E-state index contributed by atoms with van der Waals surface area (Å²) < 4.78 is 38.5. The first-order valence-corrected chi connectivity index (χ1v) is 11.3. The van der Waals surface area contributed by atoms with Crippen LogP contribution in [0.5, 0.6) is 11.5 Å². The molecule has 7 nitrogen and oxygen atoms in total. The lowest BCUT2D eigenvalue weighted by atomic mass is 10.1. The van der Waals surface area contributed by atoms with Gasteiger partial charge in [-0.15, -0.1) is 0 Å². The van der Waals surface area contributed by atoms with Crippen molar-refractivity contribution < 1.29 is 22.7 Å². The van der Waals surface area contributed by atoms with E-state index in [4.69, 9.17) is 9.47 Å². The number of fused-ring (bicyclic) bond motifs is 1. The van der Waals surface area contributed by atoms with Crippen LogP contribution in [-0.4, -0.2) is 33.6 Å². The van der Waals surface area contributed by atoms with Crippen LogP contribution in [-0.2, 0) is 14.8 Å². The molecule has 0 radical (unpaired) electrons. The van der Waals surface area contributed by atoms with Crippen molar-refractivity contribution in [2.75, 3.05) is 12.4 Å². The summed E-state index contributed by atoms with van der Waals surface area (Å²) in [7, 11) is -2.28. The van der Waals surface area contributed by atoms with E-state index >= 15 is 0 Å². The van der Waals surface area contributed by atoms with Gasteiger partial charge < -0.3 is 14.8 Å². The van der Waals surface area contributed by atoms with Crippen LogP contribution in [0.1, 0.15) is 20.8 Å². The van der Waals surface area contributed by atoms with Gasteiger partial charge >= 0.3 is 0 Å². The number of rotatable bonds is 8. The van der Waals surface area contributed by atoms with E-state index in [0.717, 1.165) is 10.8 Å². The second-order valence-electron chi connectivity index (χ2n) is 7.40. The standard InChI is InChI=1S/C23H26N2O5S/c1-15(2)25-31(27,28)20-11-12-22(29-4)21(14-20)24-23(26)16(3)30-19-10-9-17-7-5-6-8-18(17)13-19/h5-16,25H,1-4H3,(H,24,26)/t16-/m1/s1. The molecule has 1 amide bonds. The topological polar surface area (TPSA) is 93.7 Å². The van der Waals surface area contributed by atoms with Crippen LogP contribution in [0.15, 0.2) is 65.6 Å². The van der Waals surface area contributed by atoms with E-state index < -0.39 is 22.0 Å². The summed E-state index contributed by atoms with van der Waals surface area (Å²) in [6, 6.07) is 17.5. The van der Waals surface area contributed by atoms with Gasteiger partial charge in [-0.1, -0.05) is 30.3 Å². The number of carbonyl (C=O) groups excluding carboxylic acids is 1. The smallest absolute Gasteiger partial charge is 0.265 e. The predicted molar refractivity (Wildman–Crippen MR) is 121 cm³/mol. The van der Waals surface area contributed by atoms with Gasteiger partial charge in [0.05, 0.1) is 17.7 Å². The summed E-state index contributed by atoms with van der Waals surface area (Å²) in [5.41, 5.74) is 0.244. The molecule has 2 N–H and O–H groups in total. The molecule has 0 aliphatic heterocycles. The second kappa shape index (κ2) is 9.36. The lowest BCUT2D eigenvalue weighted by Crippen LogP contribution is -2.31. The van der Waals surface area contributed by atoms with Gasteiger partial charge in [-0.2, -0.15) is 0 Å². The summed E-state index contributed by atoms with van der Waals surface area (Å²) >= 11 is 0. The van der Waals surface area contributed by atoms with Gasteiger partial charge in [0.1, 0.15) is 11.5 Å². The molecule has 0 aliphatic carbocycles. The number of carbonyl (C=O) groups is 1. The average Bonchev–Trinajstić information content (AvgIpc) is 2.72. The van der Waals surface area contributed by atoms with E-state index in [-0.39, 0.29) is 16.6 Å². The Hall–Kier alpha value is -3.10. The Balaban J connectivity index is 1.78. The minimum Gasteiger partial charge on any atom is -0.495 e. The molecule has 3 aromatic carbocycles. The Kier molecular flexibility index (Phi) is 6.82. The third-order valence-corrected chi connectivity index (χ3v) is 6.19. The molecule has 0 aliphatic rings. The van der Waals surface area contributed by atoms with Crippen molar-refractivity contribution >= 4 is 32.4 Å². The molecule has 3 aromatic rings. The number of amides is 1. The minimum atomic E-state index is -3.72. The number of benzene rings is 3. The third-order valence-electron chi connectivity index (χ3n) is 4.53. The molecule has 1 atom stereocenters. The first-order chi connectivity index (χ1) is 14.7. The zero-order valence-electron chi connectivity index (χ0n) is 17.9. The Morgan fingerprint density at radius 3 is 2.32 bits per heavy atom. The maximum Gasteiger partial charge on any atom is 0.265 e. The van der Waals surface area contributed by atoms with E-state index in [1.807, 2.05) is 36.4 Å². The van der Waals surface area contributed by atoms with E-state index in [1.165, 1.54) is 25.3 Å². The number of nitrogens with one attached hydrogen (secondary N) is 2. The number of sulfonamides is 1. The van der Waals surface area contributed by atoms with Crippen molar-refractivity contribution in [3.63, 3.8) is 0 Å². The van der Waals surface area contributed by atoms with Gasteiger partial charge in [-0.3, -0.25) is 4.79 Å². The van der Waals surface area contributed by atoms with Crippen molar-refractivity contribution in [2.24, 2.45) is 0 Å². The van der Waals surface area contributed by atoms with Crippen molar-refractivity contribution in [2.45, 2.75) is 37.8 Å². The fourth-order valence-corrected chi connectivity index (χ4v) is 4.34. The molecule has 164 valence electrons. The summed E-state index contributed by atoms with van der Waals surface area (Å²) in [5, 5.41) is 4.78. The SMILES string of the molecule is COc1ccc(S(=O)(=O)NC(C)C)cc1NC(=O)[C@@H](C)Oc1ccc2ccccc2c1. The molecule has 31 heavy (non-hydrogen) atoms. The highest BCUT2D eigenvalue weighted by molar-refractivity contribution is 7.89. The lowest BCUT2D eigenvalue weighted by Gasteiger charge is -2.17. The van der Waals surface area contributed by atoms with Gasteiger partial charge in [-0.25, -0.2) is 13.1 Å². The van der Waals surface area contributed by atoms with Crippen molar-refractivity contribution in [1.29, 1.82) is 0 Å². The number of methoxy groups -OCH3 is 1. The van der Waals surface area contributed by atoms with Crippen molar-refractivity contribution in [1.82, 2.24) is 4.72 Å². The Morgan fingerprint density at radius 2 is 1.65 bits per heavy atom. The van der Waals surface area contributed by atoms with E-state index in [1.54, 1.807) is 26.8 Å². The molecular weight excluding hydrogens is 416 g/mol. The highest BCUT2D eigenvalue weighted by Crippen LogP contribution is 2.28. The summed E-state index contributed by atoms with van der Waals surface area (Å²) in [6.45, 7) is 5.09. The van der Waals surface area contributed by atoms with Gasteiger partial charge in [0.15, 0.2) is 6.10 Å². The van der Waals surface area contributed by atoms with E-state index in [9.17, 15) is 13.2 Å². The summed E-state index contributed by atoms with van der Waals surface area (Å²) in [4.78, 5) is 12.8. The quantitative estimate of drug-likeness (QED) is 0.551. The Labute approximate surface area is 182 Å². The van der Waals surface area contributed by atoms with Gasteiger partial charge in [-0.05, 0) is 61.9 Å². The van der Waals surface area contributed by atoms with Crippen LogP contribution in [0.4, 0.5) is 5.69 Å². The average molecular weight is 443 g/mol. The fraction of sp³-hybridized carbons (Fsp3) is 0.261. The van der Waals surface area contributed by atoms with Gasteiger partial charge in [0.2, 0.25) is 10.0 Å². The molecule has 0 aromatic heterocycles. The molecule has 0 bridgehead atoms.